The first-order valence-electron chi connectivity index (χ1n) is 13.3. The fourth-order valence-corrected chi connectivity index (χ4v) is 4.63. The van der Waals surface area contributed by atoms with Crippen LogP contribution in [0.5, 0.6) is 0 Å². The molecule has 2 N–H and O–H groups in total. The molecule has 0 saturated heterocycles. The minimum absolute atomic E-state index is 0.0729. The van der Waals surface area contributed by atoms with Gasteiger partial charge in [0.1, 0.15) is 5.60 Å². The van der Waals surface area contributed by atoms with Crippen molar-refractivity contribution in [3.63, 3.8) is 0 Å². The van der Waals surface area contributed by atoms with Crippen LogP contribution in [0.1, 0.15) is 93.4 Å². The molecular formula is C27H46N2O7S. The van der Waals surface area contributed by atoms with Crippen molar-refractivity contribution >= 4 is 34.8 Å². The van der Waals surface area contributed by atoms with E-state index in [2.05, 4.69) is 10.6 Å². The number of amides is 2. The van der Waals surface area contributed by atoms with Crippen molar-refractivity contribution in [2.75, 3.05) is 12.4 Å². The zero-order valence-corrected chi connectivity index (χ0v) is 24.3. The molecule has 2 unspecified atom stereocenters. The van der Waals surface area contributed by atoms with Crippen LogP contribution in [0.25, 0.3) is 0 Å². The van der Waals surface area contributed by atoms with Crippen molar-refractivity contribution in [1.29, 1.82) is 0 Å². The molecule has 212 valence electrons. The van der Waals surface area contributed by atoms with Crippen molar-refractivity contribution in [2.45, 2.75) is 123 Å². The maximum absolute atomic E-state index is 12.9. The van der Waals surface area contributed by atoms with Gasteiger partial charge in [0.25, 0.3) is 0 Å². The molecule has 0 aliphatic heterocycles. The van der Waals surface area contributed by atoms with Gasteiger partial charge < -0.3 is 24.8 Å². The lowest BCUT2D eigenvalue weighted by molar-refractivity contribution is -0.140. The van der Waals surface area contributed by atoms with Crippen LogP contribution in [-0.4, -0.2) is 65.3 Å². The Morgan fingerprint density at radius 1 is 1.03 bits per heavy atom. The van der Waals surface area contributed by atoms with Gasteiger partial charge in [-0.15, -0.1) is 0 Å². The van der Waals surface area contributed by atoms with Crippen molar-refractivity contribution in [3.8, 4) is 0 Å². The summed E-state index contributed by atoms with van der Waals surface area (Å²) in [6.45, 7) is 12.6. The quantitative estimate of drug-likeness (QED) is 0.240. The lowest BCUT2D eigenvalue weighted by Gasteiger charge is -2.38. The molecule has 0 spiro atoms. The molecule has 3 atom stereocenters. The molecule has 0 radical (unpaired) electrons. The number of alkyl carbamates (subject to hydrolysis) is 1. The monoisotopic (exact) mass is 542 g/mol. The number of rotatable bonds is 14. The lowest BCUT2D eigenvalue weighted by atomic mass is 9.87. The van der Waals surface area contributed by atoms with Gasteiger partial charge in [-0.3, -0.25) is 9.59 Å². The highest BCUT2D eigenvalue weighted by molar-refractivity contribution is 8.13. The summed E-state index contributed by atoms with van der Waals surface area (Å²) in [5.74, 6) is 0.0873. The molecule has 0 aromatic heterocycles. The Morgan fingerprint density at radius 3 is 2.24 bits per heavy atom. The van der Waals surface area contributed by atoms with E-state index in [4.69, 9.17) is 14.2 Å². The Kier molecular flexibility index (Phi) is 14.9. The molecule has 0 bridgehead atoms. The van der Waals surface area contributed by atoms with Crippen LogP contribution < -0.4 is 10.6 Å². The first-order valence-corrected chi connectivity index (χ1v) is 14.3. The summed E-state index contributed by atoms with van der Waals surface area (Å²) >= 11 is 1.33. The van der Waals surface area contributed by atoms with Crippen molar-refractivity contribution < 1.29 is 33.4 Å². The summed E-state index contributed by atoms with van der Waals surface area (Å²) in [5, 5.41) is 5.85. The highest BCUT2D eigenvalue weighted by Gasteiger charge is 2.39. The van der Waals surface area contributed by atoms with E-state index in [1.165, 1.54) is 18.7 Å². The molecule has 1 rings (SSSR count). The lowest BCUT2D eigenvalue weighted by Crippen LogP contribution is -2.60. The Morgan fingerprint density at radius 2 is 1.68 bits per heavy atom. The number of hydrogen-bond acceptors (Lipinski definition) is 8. The van der Waals surface area contributed by atoms with Gasteiger partial charge in [0.05, 0.1) is 30.9 Å². The zero-order chi connectivity index (χ0) is 28.0. The van der Waals surface area contributed by atoms with Crippen LogP contribution in [0.15, 0.2) is 11.6 Å². The third kappa shape index (κ3) is 13.9. The number of carbonyl (C=O) groups is 4. The van der Waals surface area contributed by atoms with E-state index in [9.17, 15) is 19.2 Å². The number of ether oxygens (including phenoxy) is 3. The summed E-state index contributed by atoms with van der Waals surface area (Å²) in [6.07, 6.45) is 5.64. The molecule has 10 heteroatoms. The van der Waals surface area contributed by atoms with E-state index in [1.807, 2.05) is 13.8 Å². The highest BCUT2D eigenvalue weighted by atomic mass is 32.2. The van der Waals surface area contributed by atoms with Gasteiger partial charge in [0.2, 0.25) is 5.91 Å². The normalized spacial score (nSPS) is 19.7. The van der Waals surface area contributed by atoms with Gasteiger partial charge in [0, 0.05) is 31.6 Å². The van der Waals surface area contributed by atoms with Crippen LogP contribution in [-0.2, 0) is 28.6 Å². The third-order valence-corrected chi connectivity index (χ3v) is 6.66. The number of hydrogen-bond donors (Lipinski definition) is 2. The largest absolute Gasteiger partial charge is 0.462 e. The molecule has 1 aliphatic carbocycles. The topological polar surface area (TPSA) is 120 Å². The molecule has 9 nitrogen and oxygen atoms in total. The molecule has 0 saturated carbocycles. The second-order valence-electron chi connectivity index (χ2n) is 10.3. The fraction of sp³-hybridized carbons (Fsp3) is 0.778. The van der Waals surface area contributed by atoms with Crippen molar-refractivity contribution in [2.24, 2.45) is 0 Å². The Balaban J connectivity index is 2.92. The van der Waals surface area contributed by atoms with E-state index < -0.39 is 35.9 Å². The zero-order valence-electron chi connectivity index (χ0n) is 23.5. The van der Waals surface area contributed by atoms with E-state index in [0.29, 0.717) is 5.57 Å². The molecule has 0 aromatic carbocycles. The number of esters is 1. The van der Waals surface area contributed by atoms with E-state index in [-0.39, 0.29) is 30.2 Å². The smallest absolute Gasteiger partial charge is 0.407 e. The average molecular weight is 543 g/mol. The summed E-state index contributed by atoms with van der Waals surface area (Å²) in [4.78, 5) is 48.5. The maximum atomic E-state index is 12.9. The molecule has 0 heterocycles. The van der Waals surface area contributed by atoms with Gasteiger partial charge in [-0.2, -0.15) is 0 Å². The minimum Gasteiger partial charge on any atom is -0.462 e. The second kappa shape index (κ2) is 16.7. The highest BCUT2D eigenvalue weighted by Crippen LogP contribution is 2.26. The van der Waals surface area contributed by atoms with Crippen LogP contribution in [0.4, 0.5) is 4.79 Å². The second-order valence-corrected chi connectivity index (χ2v) is 11.6. The maximum Gasteiger partial charge on any atom is 0.407 e. The number of unbranched alkanes of at least 4 members (excludes halogenated alkanes) is 3. The molecule has 0 fully saturated rings. The van der Waals surface area contributed by atoms with Crippen LogP contribution in [0.2, 0.25) is 0 Å². The van der Waals surface area contributed by atoms with Crippen LogP contribution in [0, 0.1) is 0 Å². The van der Waals surface area contributed by atoms with Crippen molar-refractivity contribution in [3.05, 3.63) is 11.6 Å². The summed E-state index contributed by atoms with van der Waals surface area (Å²) < 4.78 is 17.2. The fourth-order valence-electron chi connectivity index (χ4n) is 3.99. The summed E-state index contributed by atoms with van der Waals surface area (Å²) in [5.41, 5.74) is -0.299. The van der Waals surface area contributed by atoms with Crippen LogP contribution in [0.3, 0.4) is 0 Å². The van der Waals surface area contributed by atoms with Crippen molar-refractivity contribution in [1.82, 2.24) is 10.6 Å². The average Bonchev–Trinajstić information content (AvgIpc) is 2.78. The minimum atomic E-state index is -0.698. The first kappa shape index (κ1) is 33.0. The summed E-state index contributed by atoms with van der Waals surface area (Å²) in [6, 6.07) is -1.19. The van der Waals surface area contributed by atoms with Crippen LogP contribution >= 0.6 is 11.8 Å². The van der Waals surface area contributed by atoms with Gasteiger partial charge in [-0.1, -0.05) is 38.5 Å². The van der Waals surface area contributed by atoms with Gasteiger partial charge >= 0.3 is 12.1 Å². The predicted molar refractivity (Wildman–Crippen MR) is 145 cm³/mol. The predicted octanol–water partition coefficient (Wildman–Crippen LogP) is 4.67. The number of nitrogens with one attached hydrogen (secondary N) is 2. The molecular weight excluding hydrogens is 496 g/mol. The van der Waals surface area contributed by atoms with Gasteiger partial charge in [0.15, 0.2) is 5.12 Å². The molecule has 2 amide bonds. The van der Waals surface area contributed by atoms with E-state index in [0.717, 1.165) is 44.3 Å². The first-order chi connectivity index (χ1) is 17.4. The molecule has 37 heavy (non-hydrogen) atoms. The number of carbonyl (C=O) groups excluding carboxylic acids is 4. The Bertz CT molecular complexity index is 790. The molecule has 0 aromatic rings. The summed E-state index contributed by atoms with van der Waals surface area (Å²) in [7, 11) is 0. The standard InChI is InChI=1S/C27H46N2O7S/c1-8-21(9-2)35-23-17-20(25(32)34-14-12-10-11-13-15-37-19(4)31)16-22(24(23)28-18(3)30)29-26(33)36-27(5,6)7/h17,21-24H,8-16H2,1-7H3,(H,28,30)(H,29,33)/t22-,23?,24?/m0/s1. The van der Waals surface area contributed by atoms with E-state index in [1.54, 1.807) is 33.8 Å². The Hall–Kier alpha value is -2.07. The van der Waals surface area contributed by atoms with Gasteiger partial charge in [-0.05, 0) is 52.5 Å². The SMILES string of the molecule is CCC(CC)OC1C=C(C(=O)OCCCCCCSC(C)=O)C[C@H](NC(=O)OC(C)(C)C)C1NC(C)=O. The Labute approximate surface area is 226 Å². The van der Waals surface area contributed by atoms with E-state index >= 15 is 0 Å². The van der Waals surface area contributed by atoms with Gasteiger partial charge in [-0.25, -0.2) is 9.59 Å². The third-order valence-electron chi connectivity index (χ3n) is 5.76. The number of thioether (sulfide) groups is 1. The molecule has 1 aliphatic rings.